The Bertz CT molecular complexity index is 293. The van der Waals surface area contributed by atoms with Crippen LogP contribution in [0.25, 0.3) is 0 Å². The van der Waals surface area contributed by atoms with Gasteiger partial charge in [0.15, 0.2) is 0 Å². The molecular formula is C11H17NO4. The number of hydrogen-bond donors (Lipinski definition) is 2. The van der Waals surface area contributed by atoms with Crippen LogP contribution in [0.3, 0.4) is 0 Å². The highest BCUT2D eigenvalue weighted by Gasteiger charge is 2.29. The second kappa shape index (κ2) is 6.83. The number of nitrogens with zero attached hydrogens (tertiary/aromatic N) is 1. The van der Waals surface area contributed by atoms with E-state index in [0.717, 1.165) is 0 Å². The van der Waals surface area contributed by atoms with Crippen LogP contribution in [0.4, 0.5) is 0 Å². The lowest BCUT2D eigenvalue weighted by atomic mass is 9.84. The van der Waals surface area contributed by atoms with Gasteiger partial charge in [-0.25, -0.2) is 0 Å². The van der Waals surface area contributed by atoms with Crippen molar-refractivity contribution in [2.75, 3.05) is 0 Å². The van der Waals surface area contributed by atoms with Crippen LogP contribution in [0, 0.1) is 29.1 Å². The number of carboxylic acid groups (broad SMARTS) is 2. The van der Waals surface area contributed by atoms with Gasteiger partial charge < -0.3 is 10.2 Å². The van der Waals surface area contributed by atoms with Gasteiger partial charge in [-0.1, -0.05) is 13.8 Å². The summed E-state index contributed by atoms with van der Waals surface area (Å²) in [5.41, 5.74) is 0. The third-order valence-corrected chi connectivity index (χ3v) is 2.36. The van der Waals surface area contributed by atoms with Crippen molar-refractivity contribution in [3.63, 3.8) is 0 Å². The molecule has 2 atom stereocenters. The number of nitriles is 1. The van der Waals surface area contributed by atoms with Crippen LogP contribution >= 0.6 is 0 Å². The molecule has 90 valence electrons. The number of aliphatic carboxylic acids is 2. The average molecular weight is 227 g/mol. The molecule has 0 saturated carbocycles. The van der Waals surface area contributed by atoms with E-state index in [1.165, 1.54) is 0 Å². The standard InChI is InChI=1S/C11H17NO4/c1-7(2)5-8(6-12)9(11(15)16)3-4-10(13)14/h7-9H,3-5H2,1-2H3,(H,13,14)(H,15,16)/t8?,9-/m1/s1. The molecule has 2 N–H and O–H groups in total. The van der Waals surface area contributed by atoms with E-state index in [9.17, 15) is 9.59 Å². The topological polar surface area (TPSA) is 98.4 Å². The number of carboxylic acids is 2. The molecule has 0 heterocycles. The highest BCUT2D eigenvalue weighted by Crippen LogP contribution is 2.24. The van der Waals surface area contributed by atoms with Gasteiger partial charge in [-0.05, 0) is 18.8 Å². The van der Waals surface area contributed by atoms with Crippen LogP contribution in [0.1, 0.15) is 33.1 Å². The van der Waals surface area contributed by atoms with Gasteiger partial charge in [0.1, 0.15) is 0 Å². The Balaban J connectivity index is 4.54. The van der Waals surface area contributed by atoms with E-state index >= 15 is 0 Å². The summed E-state index contributed by atoms with van der Waals surface area (Å²) in [4.78, 5) is 21.3. The van der Waals surface area contributed by atoms with Crippen molar-refractivity contribution in [1.29, 1.82) is 5.26 Å². The molecule has 0 aliphatic heterocycles. The predicted octanol–water partition coefficient (Wildman–Crippen LogP) is 1.74. The summed E-state index contributed by atoms with van der Waals surface area (Å²) in [6.07, 6.45) is 0.274. The lowest BCUT2D eigenvalue weighted by Crippen LogP contribution is -2.24. The summed E-state index contributed by atoms with van der Waals surface area (Å²) in [7, 11) is 0. The molecule has 0 amide bonds. The van der Waals surface area contributed by atoms with Gasteiger partial charge in [0.05, 0.1) is 17.9 Å². The van der Waals surface area contributed by atoms with Crippen molar-refractivity contribution < 1.29 is 19.8 Å². The second-order valence-corrected chi connectivity index (χ2v) is 4.24. The minimum atomic E-state index is -1.09. The van der Waals surface area contributed by atoms with Gasteiger partial charge in [-0.2, -0.15) is 5.26 Å². The summed E-state index contributed by atoms with van der Waals surface area (Å²) in [5, 5.41) is 26.4. The minimum absolute atomic E-state index is 0.00954. The van der Waals surface area contributed by atoms with Crippen molar-refractivity contribution >= 4 is 11.9 Å². The molecular weight excluding hydrogens is 210 g/mol. The number of rotatable bonds is 7. The maximum absolute atomic E-state index is 10.9. The van der Waals surface area contributed by atoms with Crippen LogP contribution < -0.4 is 0 Å². The Kier molecular flexibility index (Phi) is 6.16. The Morgan fingerprint density at radius 2 is 1.88 bits per heavy atom. The molecule has 5 nitrogen and oxygen atoms in total. The summed E-state index contributed by atoms with van der Waals surface area (Å²) >= 11 is 0. The van der Waals surface area contributed by atoms with Gasteiger partial charge in [0.2, 0.25) is 0 Å². The van der Waals surface area contributed by atoms with Gasteiger partial charge in [0, 0.05) is 6.42 Å². The third-order valence-electron chi connectivity index (χ3n) is 2.36. The SMILES string of the molecule is CC(C)CC(C#N)[C@@H](CCC(=O)O)C(=O)O. The molecule has 16 heavy (non-hydrogen) atoms. The Morgan fingerprint density at radius 1 is 1.31 bits per heavy atom. The van der Waals surface area contributed by atoms with Crippen LogP contribution in [-0.2, 0) is 9.59 Å². The number of hydrogen-bond acceptors (Lipinski definition) is 3. The molecule has 0 aliphatic rings. The van der Waals surface area contributed by atoms with E-state index in [2.05, 4.69) is 0 Å². The van der Waals surface area contributed by atoms with Crippen LogP contribution in [-0.4, -0.2) is 22.2 Å². The van der Waals surface area contributed by atoms with E-state index < -0.39 is 23.8 Å². The summed E-state index contributed by atoms with van der Waals surface area (Å²) < 4.78 is 0. The first-order chi connectivity index (χ1) is 7.38. The Morgan fingerprint density at radius 3 is 2.19 bits per heavy atom. The summed E-state index contributed by atoms with van der Waals surface area (Å²) in [6, 6.07) is 1.96. The van der Waals surface area contributed by atoms with Crippen molar-refractivity contribution in [2.24, 2.45) is 17.8 Å². The average Bonchev–Trinajstić information content (AvgIpc) is 2.14. The van der Waals surface area contributed by atoms with Gasteiger partial charge >= 0.3 is 11.9 Å². The molecule has 0 aromatic heterocycles. The Hall–Kier alpha value is -1.57. The highest BCUT2D eigenvalue weighted by atomic mass is 16.4. The normalized spacial score (nSPS) is 14.1. The van der Waals surface area contributed by atoms with Crippen molar-refractivity contribution in [3.05, 3.63) is 0 Å². The number of carbonyl (C=O) groups is 2. The molecule has 0 aromatic carbocycles. The quantitative estimate of drug-likeness (QED) is 0.690. The molecule has 0 radical (unpaired) electrons. The molecule has 0 spiro atoms. The molecule has 0 bridgehead atoms. The highest BCUT2D eigenvalue weighted by molar-refractivity contribution is 5.72. The third kappa shape index (κ3) is 5.35. The van der Waals surface area contributed by atoms with E-state index in [4.69, 9.17) is 15.5 Å². The summed E-state index contributed by atoms with van der Waals surface area (Å²) in [5.74, 6) is -3.40. The lowest BCUT2D eigenvalue weighted by Gasteiger charge is -2.18. The molecule has 5 heteroatoms. The molecule has 0 aromatic rings. The van der Waals surface area contributed by atoms with Crippen LogP contribution in [0.2, 0.25) is 0 Å². The van der Waals surface area contributed by atoms with Gasteiger partial charge in [-0.3, -0.25) is 9.59 Å². The predicted molar refractivity (Wildman–Crippen MR) is 56.6 cm³/mol. The maximum Gasteiger partial charge on any atom is 0.307 e. The molecule has 0 saturated heterocycles. The van der Waals surface area contributed by atoms with E-state index in [1.807, 2.05) is 19.9 Å². The molecule has 0 rings (SSSR count). The van der Waals surface area contributed by atoms with Crippen molar-refractivity contribution in [3.8, 4) is 6.07 Å². The smallest absolute Gasteiger partial charge is 0.307 e. The monoisotopic (exact) mass is 227 g/mol. The fraction of sp³-hybridized carbons (Fsp3) is 0.727. The van der Waals surface area contributed by atoms with Gasteiger partial charge in [-0.15, -0.1) is 0 Å². The van der Waals surface area contributed by atoms with Crippen LogP contribution in [0.5, 0.6) is 0 Å². The lowest BCUT2D eigenvalue weighted by molar-refractivity contribution is -0.144. The first-order valence-electron chi connectivity index (χ1n) is 5.22. The van der Waals surface area contributed by atoms with E-state index in [0.29, 0.717) is 6.42 Å². The summed E-state index contributed by atoms with van der Waals surface area (Å²) in [6.45, 7) is 3.81. The zero-order valence-corrected chi connectivity index (χ0v) is 9.51. The maximum atomic E-state index is 10.9. The van der Waals surface area contributed by atoms with Crippen LogP contribution in [0.15, 0.2) is 0 Å². The first kappa shape index (κ1) is 14.4. The first-order valence-corrected chi connectivity index (χ1v) is 5.22. The zero-order valence-electron chi connectivity index (χ0n) is 9.51. The fourth-order valence-electron chi connectivity index (χ4n) is 1.59. The van der Waals surface area contributed by atoms with Gasteiger partial charge in [0.25, 0.3) is 0 Å². The molecule has 0 fully saturated rings. The minimum Gasteiger partial charge on any atom is -0.481 e. The van der Waals surface area contributed by atoms with E-state index in [-0.39, 0.29) is 18.8 Å². The largest absolute Gasteiger partial charge is 0.481 e. The second-order valence-electron chi connectivity index (χ2n) is 4.24. The van der Waals surface area contributed by atoms with Crippen molar-refractivity contribution in [2.45, 2.75) is 33.1 Å². The van der Waals surface area contributed by atoms with E-state index in [1.54, 1.807) is 0 Å². The molecule has 1 unspecified atom stereocenters. The van der Waals surface area contributed by atoms with Crippen molar-refractivity contribution in [1.82, 2.24) is 0 Å². The zero-order chi connectivity index (χ0) is 12.7. The fourth-order valence-corrected chi connectivity index (χ4v) is 1.59. The Labute approximate surface area is 94.7 Å². The molecule has 0 aliphatic carbocycles.